The van der Waals surface area contributed by atoms with Crippen molar-refractivity contribution >= 4 is 16.7 Å². The smallest absolute Gasteiger partial charge is 0.159 e. The van der Waals surface area contributed by atoms with Gasteiger partial charge in [0.1, 0.15) is 11.4 Å². The summed E-state index contributed by atoms with van der Waals surface area (Å²) in [5.74, 6) is 1.64. The summed E-state index contributed by atoms with van der Waals surface area (Å²) in [7, 11) is 1.65. The standard InChI is InChI=1S/C15H16N4O/c1-3-19-14-7-5-11(20-2)8-13(14)18-15(19)12-6-4-10(16)9-17-12/h4-9H,3,16H2,1-2H3. The molecule has 5 nitrogen and oxygen atoms in total. The Bertz CT molecular complexity index is 746. The van der Waals surface area contributed by atoms with Gasteiger partial charge in [-0.1, -0.05) is 0 Å². The van der Waals surface area contributed by atoms with Gasteiger partial charge in [-0.05, 0) is 31.2 Å². The van der Waals surface area contributed by atoms with Crippen LogP contribution in [0.1, 0.15) is 6.92 Å². The van der Waals surface area contributed by atoms with Gasteiger partial charge in [0.05, 0.1) is 30.0 Å². The molecule has 20 heavy (non-hydrogen) atoms. The van der Waals surface area contributed by atoms with E-state index in [9.17, 15) is 0 Å². The molecule has 2 N–H and O–H groups in total. The topological polar surface area (TPSA) is 66.0 Å². The van der Waals surface area contributed by atoms with Gasteiger partial charge in [0.15, 0.2) is 5.82 Å². The molecule has 0 fully saturated rings. The summed E-state index contributed by atoms with van der Waals surface area (Å²) in [6, 6.07) is 9.62. The Labute approximate surface area is 117 Å². The Morgan fingerprint density at radius 3 is 2.75 bits per heavy atom. The lowest BCUT2D eigenvalue weighted by Crippen LogP contribution is -1.99. The highest BCUT2D eigenvalue weighted by Crippen LogP contribution is 2.26. The van der Waals surface area contributed by atoms with Crippen molar-refractivity contribution in [3.8, 4) is 17.3 Å². The summed E-state index contributed by atoms with van der Waals surface area (Å²) in [6.07, 6.45) is 1.65. The number of hydrogen-bond acceptors (Lipinski definition) is 4. The van der Waals surface area contributed by atoms with E-state index in [4.69, 9.17) is 10.5 Å². The first-order valence-electron chi connectivity index (χ1n) is 6.49. The third-order valence-corrected chi connectivity index (χ3v) is 3.29. The summed E-state index contributed by atoms with van der Waals surface area (Å²) >= 11 is 0. The predicted molar refractivity (Wildman–Crippen MR) is 79.6 cm³/mol. The van der Waals surface area contributed by atoms with Gasteiger partial charge in [-0.15, -0.1) is 0 Å². The fourth-order valence-electron chi connectivity index (χ4n) is 2.29. The number of nitrogens with zero attached hydrogens (tertiary/aromatic N) is 3. The monoisotopic (exact) mass is 268 g/mol. The molecule has 0 aliphatic carbocycles. The molecule has 3 rings (SSSR count). The second-order valence-electron chi connectivity index (χ2n) is 4.51. The van der Waals surface area contributed by atoms with Gasteiger partial charge in [-0.2, -0.15) is 0 Å². The number of imidazole rings is 1. The molecule has 0 bridgehead atoms. The minimum Gasteiger partial charge on any atom is -0.497 e. The first-order valence-corrected chi connectivity index (χ1v) is 6.49. The molecule has 0 amide bonds. The van der Waals surface area contributed by atoms with Crippen molar-refractivity contribution in [1.29, 1.82) is 0 Å². The maximum atomic E-state index is 5.68. The van der Waals surface area contributed by atoms with E-state index in [1.807, 2.05) is 30.3 Å². The van der Waals surface area contributed by atoms with Gasteiger partial charge in [0, 0.05) is 12.6 Å². The minimum absolute atomic E-state index is 0.648. The highest BCUT2D eigenvalue weighted by atomic mass is 16.5. The average Bonchev–Trinajstić information content (AvgIpc) is 2.85. The second-order valence-corrected chi connectivity index (χ2v) is 4.51. The minimum atomic E-state index is 0.648. The number of aryl methyl sites for hydroxylation is 1. The maximum Gasteiger partial charge on any atom is 0.159 e. The summed E-state index contributed by atoms with van der Waals surface area (Å²) < 4.78 is 7.38. The third kappa shape index (κ3) is 1.97. The molecule has 2 heterocycles. The number of anilines is 1. The lowest BCUT2D eigenvalue weighted by molar-refractivity contribution is 0.415. The first-order chi connectivity index (χ1) is 9.72. The third-order valence-electron chi connectivity index (χ3n) is 3.29. The van der Waals surface area contributed by atoms with E-state index < -0.39 is 0 Å². The van der Waals surface area contributed by atoms with Gasteiger partial charge in [-0.25, -0.2) is 4.98 Å². The molecule has 0 unspecified atom stereocenters. The van der Waals surface area contributed by atoms with E-state index >= 15 is 0 Å². The molecule has 0 spiro atoms. The molecule has 0 saturated heterocycles. The molecule has 2 aromatic heterocycles. The SMILES string of the molecule is CCn1c(-c2ccc(N)cn2)nc2cc(OC)ccc21. The summed E-state index contributed by atoms with van der Waals surface area (Å²) in [5, 5.41) is 0. The van der Waals surface area contributed by atoms with Gasteiger partial charge in [0.25, 0.3) is 0 Å². The molecule has 102 valence electrons. The number of methoxy groups -OCH3 is 1. The normalized spacial score (nSPS) is 10.9. The lowest BCUT2D eigenvalue weighted by atomic mass is 10.3. The molecule has 5 heteroatoms. The molecule has 0 atom stereocenters. The number of aromatic nitrogens is 3. The number of fused-ring (bicyclic) bond motifs is 1. The Balaban J connectivity index is 2.21. The van der Waals surface area contributed by atoms with E-state index in [1.54, 1.807) is 13.3 Å². The second kappa shape index (κ2) is 4.85. The van der Waals surface area contributed by atoms with Crippen LogP contribution in [0.15, 0.2) is 36.5 Å². The van der Waals surface area contributed by atoms with Crippen LogP contribution in [0.25, 0.3) is 22.6 Å². The highest BCUT2D eigenvalue weighted by molar-refractivity contribution is 5.81. The quantitative estimate of drug-likeness (QED) is 0.793. The van der Waals surface area contributed by atoms with Crippen LogP contribution in [0.4, 0.5) is 5.69 Å². The van der Waals surface area contributed by atoms with Crippen molar-refractivity contribution in [2.24, 2.45) is 0 Å². The van der Waals surface area contributed by atoms with Crippen molar-refractivity contribution in [3.05, 3.63) is 36.5 Å². The van der Waals surface area contributed by atoms with Crippen LogP contribution in [0.2, 0.25) is 0 Å². The zero-order valence-corrected chi connectivity index (χ0v) is 11.5. The van der Waals surface area contributed by atoms with Gasteiger partial charge < -0.3 is 15.0 Å². The molecule has 0 aliphatic heterocycles. The Morgan fingerprint density at radius 2 is 2.10 bits per heavy atom. The molecule has 0 saturated carbocycles. The van der Waals surface area contributed by atoms with E-state index in [1.165, 1.54) is 0 Å². The number of benzene rings is 1. The highest BCUT2D eigenvalue weighted by Gasteiger charge is 2.13. The van der Waals surface area contributed by atoms with Gasteiger partial charge in [-0.3, -0.25) is 4.98 Å². The van der Waals surface area contributed by atoms with Crippen molar-refractivity contribution in [2.45, 2.75) is 13.5 Å². The lowest BCUT2D eigenvalue weighted by Gasteiger charge is -2.05. The number of hydrogen-bond donors (Lipinski definition) is 1. The van der Waals surface area contributed by atoms with E-state index in [2.05, 4.69) is 21.5 Å². The van der Waals surface area contributed by atoms with Crippen molar-refractivity contribution < 1.29 is 4.74 Å². The zero-order chi connectivity index (χ0) is 14.1. The summed E-state index contributed by atoms with van der Waals surface area (Å²) in [6.45, 7) is 2.91. The van der Waals surface area contributed by atoms with Crippen LogP contribution < -0.4 is 10.5 Å². The van der Waals surface area contributed by atoms with Crippen molar-refractivity contribution in [1.82, 2.24) is 14.5 Å². The molecule has 0 aliphatic rings. The van der Waals surface area contributed by atoms with Crippen LogP contribution in [-0.4, -0.2) is 21.6 Å². The Hall–Kier alpha value is -2.56. The number of nitrogens with two attached hydrogens (primary N) is 1. The maximum absolute atomic E-state index is 5.68. The van der Waals surface area contributed by atoms with Gasteiger partial charge >= 0.3 is 0 Å². The number of nitrogen functional groups attached to an aromatic ring is 1. The van der Waals surface area contributed by atoms with Crippen LogP contribution in [0, 0.1) is 0 Å². The van der Waals surface area contributed by atoms with Crippen LogP contribution in [0.3, 0.4) is 0 Å². The fraction of sp³-hybridized carbons (Fsp3) is 0.200. The number of pyridine rings is 1. The van der Waals surface area contributed by atoms with Crippen molar-refractivity contribution in [2.75, 3.05) is 12.8 Å². The predicted octanol–water partition coefficient (Wildman–Crippen LogP) is 2.71. The Kier molecular flexibility index (Phi) is 3.02. The molecular formula is C15H16N4O. The Morgan fingerprint density at radius 1 is 1.25 bits per heavy atom. The van der Waals surface area contributed by atoms with Crippen molar-refractivity contribution in [3.63, 3.8) is 0 Å². The largest absolute Gasteiger partial charge is 0.497 e. The summed E-state index contributed by atoms with van der Waals surface area (Å²) in [5.41, 5.74) is 9.12. The number of ether oxygens (including phenoxy) is 1. The van der Waals surface area contributed by atoms with Crippen LogP contribution in [-0.2, 0) is 6.54 Å². The number of rotatable bonds is 3. The molecule has 3 aromatic rings. The summed E-state index contributed by atoms with van der Waals surface area (Å²) in [4.78, 5) is 9.03. The van der Waals surface area contributed by atoms with E-state index in [-0.39, 0.29) is 0 Å². The van der Waals surface area contributed by atoms with Crippen LogP contribution in [0.5, 0.6) is 5.75 Å². The average molecular weight is 268 g/mol. The zero-order valence-electron chi connectivity index (χ0n) is 11.5. The fourth-order valence-corrected chi connectivity index (χ4v) is 2.29. The first kappa shape index (κ1) is 12.5. The molecule has 1 aromatic carbocycles. The molecular weight excluding hydrogens is 252 g/mol. The van der Waals surface area contributed by atoms with Crippen LogP contribution >= 0.6 is 0 Å². The van der Waals surface area contributed by atoms with E-state index in [0.29, 0.717) is 5.69 Å². The van der Waals surface area contributed by atoms with Gasteiger partial charge in [0.2, 0.25) is 0 Å². The molecule has 0 radical (unpaired) electrons. The van der Waals surface area contributed by atoms with E-state index in [0.717, 1.165) is 34.8 Å².